The number of anilines is 2. The van der Waals surface area contributed by atoms with Crippen molar-refractivity contribution in [1.82, 2.24) is 0 Å². The molecule has 0 aliphatic rings. The van der Waals surface area contributed by atoms with Crippen molar-refractivity contribution in [2.45, 2.75) is 6.42 Å². The SMILES string of the molecule is N#Cc1ccc(Nc2ccc(CCO)cc2)c([N+](=O)[O-])c1. The van der Waals surface area contributed by atoms with Gasteiger partial charge in [-0.2, -0.15) is 5.26 Å². The molecule has 6 heteroatoms. The van der Waals surface area contributed by atoms with Crippen molar-refractivity contribution in [1.29, 1.82) is 5.26 Å². The molecule has 0 aromatic heterocycles. The summed E-state index contributed by atoms with van der Waals surface area (Å²) in [7, 11) is 0. The van der Waals surface area contributed by atoms with E-state index in [0.29, 0.717) is 17.8 Å². The Bertz CT molecular complexity index is 690. The molecule has 0 bridgehead atoms. The maximum Gasteiger partial charge on any atom is 0.293 e. The molecule has 0 spiro atoms. The van der Waals surface area contributed by atoms with Crippen LogP contribution in [0.2, 0.25) is 0 Å². The molecule has 0 aliphatic heterocycles. The average molecular weight is 283 g/mol. The van der Waals surface area contributed by atoms with Gasteiger partial charge in [0.2, 0.25) is 0 Å². The molecule has 0 saturated heterocycles. The van der Waals surface area contributed by atoms with E-state index in [0.717, 1.165) is 5.56 Å². The lowest BCUT2D eigenvalue weighted by atomic mass is 10.1. The van der Waals surface area contributed by atoms with Gasteiger partial charge in [-0.15, -0.1) is 0 Å². The molecule has 0 amide bonds. The lowest BCUT2D eigenvalue weighted by molar-refractivity contribution is -0.383. The number of nitro groups is 1. The van der Waals surface area contributed by atoms with E-state index in [2.05, 4.69) is 5.32 Å². The van der Waals surface area contributed by atoms with Gasteiger partial charge < -0.3 is 10.4 Å². The maximum atomic E-state index is 11.0. The number of nitro benzene ring substituents is 1. The van der Waals surface area contributed by atoms with Gasteiger partial charge in [0.15, 0.2) is 0 Å². The molecule has 2 aromatic carbocycles. The maximum absolute atomic E-state index is 11.0. The number of hydrogen-bond donors (Lipinski definition) is 2. The van der Waals surface area contributed by atoms with E-state index in [1.807, 2.05) is 18.2 Å². The normalized spacial score (nSPS) is 9.90. The third-order valence-corrected chi connectivity index (χ3v) is 2.96. The van der Waals surface area contributed by atoms with Gasteiger partial charge in [-0.25, -0.2) is 0 Å². The van der Waals surface area contributed by atoms with Crippen molar-refractivity contribution in [2.75, 3.05) is 11.9 Å². The predicted octanol–water partition coefficient (Wildman–Crippen LogP) is 2.74. The number of nitrogens with zero attached hydrogens (tertiary/aromatic N) is 2. The summed E-state index contributed by atoms with van der Waals surface area (Å²) in [5, 5.41) is 31.7. The van der Waals surface area contributed by atoms with Crippen LogP contribution in [0.15, 0.2) is 42.5 Å². The van der Waals surface area contributed by atoms with Gasteiger partial charge in [-0.3, -0.25) is 10.1 Å². The Labute approximate surface area is 121 Å². The van der Waals surface area contributed by atoms with Crippen LogP contribution in [0.1, 0.15) is 11.1 Å². The summed E-state index contributed by atoms with van der Waals surface area (Å²) in [6.45, 7) is 0.0773. The van der Waals surface area contributed by atoms with E-state index in [-0.39, 0.29) is 17.9 Å². The minimum Gasteiger partial charge on any atom is -0.396 e. The first-order valence-electron chi connectivity index (χ1n) is 6.29. The minimum absolute atomic E-state index is 0.0773. The quantitative estimate of drug-likeness (QED) is 0.649. The first-order chi connectivity index (χ1) is 10.1. The zero-order chi connectivity index (χ0) is 15.2. The Kier molecular flexibility index (Phi) is 4.49. The van der Waals surface area contributed by atoms with Crippen LogP contribution in [0, 0.1) is 21.4 Å². The number of nitrogens with one attached hydrogen (secondary N) is 1. The summed E-state index contributed by atoms with van der Waals surface area (Å²) in [5.74, 6) is 0. The molecule has 6 nitrogen and oxygen atoms in total. The molecule has 106 valence electrons. The van der Waals surface area contributed by atoms with Gasteiger partial charge in [0.25, 0.3) is 5.69 Å². The highest BCUT2D eigenvalue weighted by atomic mass is 16.6. The first kappa shape index (κ1) is 14.5. The number of aliphatic hydroxyl groups excluding tert-OH is 1. The van der Waals surface area contributed by atoms with Gasteiger partial charge in [-0.1, -0.05) is 12.1 Å². The van der Waals surface area contributed by atoms with E-state index in [9.17, 15) is 10.1 Å². The van der Waals surface area contributed by atoms with E-state index in [1.54, 1.807) is 12.1 Å². The zero-order valence-electron chi connectivity index (χ0n) is 11.1. The van der Waals surface area contributed by atoms with Crippen LogP contribution >= 0.6 is 0 Å². The van der Waals surface area contributed by atoms with Crippen molar-refractivity contribution in [3.63, 3.8) is 0 Å². The van der Waals surface area contributed by atoms with Crippen LogP contribution in [0.25, 0.3) is 0 Å². The lowest BCUT2D eigenvalue weighted by Gasteiger charge is -2.08. The highest BCUT2D eigenvalue weighted by molar-refractivity contribution is 5.70. The van der Waals surface area contributed by atoms with E-state index in [1.165, 1.54) is 18.2 Å². The standard InChI is InChI=1S/C15H13N3O3/c16-10-12-3-6-14(15(9-12)18(20)21)17-13-4-1-11(2-5-13)7-8-19/h1-6,9,17,19H,7-8H2. The number of aliphatic hydroxyl groups is 1. The fourth-order valence-corrected chi connectivity index (χ4v) is 1.90. The second kappa shape index (κ2) is 6.50. The van der Waals surface area contributed by atoms with Crippen molar-refractivity contribution >= 4 is 17.1 Å². The van der Waals surface area contributed by atoms with E-state index < -0.39 is 4.92 Å². The number of rotatable bonds is 5. The molecular formula is C15H13N3O3. The van der Waals surface area contributed by atoms with Crippen molar-refractivity contribution in [3.8, 4) is 6.07 Å². The molecule has 0 aliphatic carbocycles. The Morgan fingerprint density at radius 1 is 1.24 bits per heavy atom. The highest BCUT2D eigenvalue weighted by Crippen LogP contribution is 2.28. The molecule has 21 heavy (non-hydrogen) atoms. The van der Waals surface area contributed by atoms with Crippen molar-refractivity contribution in [2.24, 2.45) is 0 Å². The molecule has 0 fully saturated rings. The van der Waals surface area contributed by atoms with Crippen LogP contribution < -0.4 is 5.32 Å². The molecule has 0 unspecified atom stereocenters. The van der Waals surface area contributed by atoms with Gasteiger partial charge in [-0.05, 0) is 36.2 Å². The fraction of sp³-hybridized carbons (Fsp3) is 0.133. The molecule has 0 heterocycles. The lowest BCUT2D eigenvalue weighted by Crippen LogP contribution is -1.98. The smallest absolute Gasteiger partial charge is 0.293 e. The summed E-state index contributed by atoms with van der Waals surface area (Å²) in [4.78, 5) is 10.5. The summed E-state index contributed by atoms with van der Waals surface area (Å²) in [5.41, 5.74) is 2.11. The van der Waals surface area contributed by atoms with E-state index in [4.69, 9.17) is 10.4 Å². The predicted molar refractivity (Wildman–Crippen MR) is 78.3 cm³/mol. The first-order valence-corrected chi connectivity index (χ1v) is 6.29. The molecule has 0 saturated carbocycles. The van der Waals surface area contributed by atoms with Crippen LogP contribution in [0.4, 0.5) is 17.1 Å². The van der Waals surface area contributed by atoms with Crippen LogP contribution in [-0.2, 0) is 6.42 Å². The monoisotopic (exact) mass is 283 g/mol. The molecule has 2 rings (SSSR count). The van der Waals surface area contributed by atoms with Gasteiger partial charge in [0.05, 0.1) is 16.6 Å². The summed E-state index contributed by atoms with van der Waals surface area (Å²) >= 11 is 0. The molecule has 2 aromatic rings. The molecule has 0 atom stereocenters. The second-order valence-electron chi connectivity index (χ2n) is 4.40. The Morgan fingerprint density at radius 3 is 2.52 bits per heavy atom. The zero-order valence-corrected chi connectivity index (χ0v) is 11.1. The topological polar surface area (TPSA) is 99.2 Å². The van der Waals surface area contributed by atoms with Crippen molar-refractivity contribution < 1.29 is 10.0 Å². The highest BCUT2D eigenvalue weighted by Gasteiger charge is 2.14. The summed E-state index contributed by atoms with van der Waals surface area (Å²) < 4.78 is 0. The van der Waals surface area contributed by atoms with Crippen LogP contribution in [0.5, 0.6) is 0 Å². The Morgan fingerprint density at radius 2 is 1.95 bits per heavy atom. The minimum atomic E-state index is -0.525. The molecule has 2 N–H and O–H groups in total. The van der Waals surface area contributed by atoms with Crippen LogP contribution in [-0.4, -0.2) is 16.6 Å². The van der Waals surface area contributed by atoms with Gasteiger partial charge in [0.1, 0.15) is 5.69 Å². The summed E-state index contributed by atoms with van der Waals surface area (Å²) in [6, 6.07) is 13.4. The number of benzene rings is 2. The largest absolute Gasteiger partial charge is 0.396 e. The second-order valence-corrected chi connectivity index (χ2v) is 4.40. The van der Waals surface area contributed by atoms with Gasteiger partial charge >= 0.3 is 0 Å². The fourth-order valence-electron chi connectivity index (χ4n) is 1.90. The molecule has 0 radical (unpaired) electrons. The van der Waals surface area contributed by atoms with Gasteiger partial charge in [0, 0.05) is 18.4 Å². The van der Waals surface area contributed by atoms with Crippen LogP contribution in [0.3, 0.4) is 0 Å². The van der Waals surface area contributed by atoms with E-state index >= 15 is 0 Å². The average Bonchev–Trinajstić information content (AvgIpc) is 2.49. The Hall–Kier alpha value is -2.91. The summed E-state index contributed by atoms with van der Waals surface area (Å²) in [6.07, 6.45) is 0.567. The Balaban J connectivity index is 2.26. The molecular weight excluding hydrogens is 270 g/mol. The third kappa shape index (κ3) is 3.55. The number of nitriles is 1. The van der Waals surface area contributed by atoms with Crippen molar-refractivity contribution in [3.05, 3.63) is 63.7 Å². The third-order valence-electron chi connectivity index (χ3n) is 2.96. The number of hydrogen-bond acceptors (Lipinski definition) is 5.